The highest BCUT2D eigenvalue weighted by Crippen LogP contribution is 2.31. The molecule has 0 amide bonds. The average Bonchev–Trinajstić information content (AvgIpc) is 3.36. The second kappa shape index (κ2) is 12.3. The summed E-state index contributed by atoms with van der Waals surface area (Å²) in [4.78, 5) is 28.6. The van der Waals surface area contributed by atoms with Crippen LogP contribution in [0.3, 0.4) is 0 Å². The molecule has 0 radical (unpaired) electrons. The number of anilines is 1. The highest BCUT2D eigenvalue weighted by molar-refractivity contribution is 5.96. The van der Waals surface area contributed by atoms with Crippen LogP contribution in [0, 0.1) is 5.92 Å². The van der Waals surface area contributed by atoms with Crippen LogP contribution < -0.4 is 5.32 Å². The van der Waals surface area contributed by atoms with Gasteiger partial charge < -0.3 is 14.5 Å². The molecule has 4 aromatic rings. The number of ether oxygens (including phenoxy) is 1. The molecule has 0 bridgehead atoms. The minimum atomic E-state index is -0.257. The first-order valence-corrected chi connectivity index (χ1v) is 13.0. The Morgan fingerprint density at radius 1 is 0.946 bits per heavy atom. The van der Waals surface area contributed by atoms with Crippen molar-refractivity contribution in [3.05, 3.63) is 83.9 Å². The van der Waals surface area contributed by atoms with Gasteiger partial charge in [-0.1, -0.05) is 44.5 Å². The lowest BCUT2D eigenvalue weighted by molar-refractivity contribution is -0.143. The third kappa shape index (κ3) is 6.64. The van der Waals surface area contributed by atoms with Gasteiger partial charge in [-0.2, -0.15) is 0 Å². The first-order valence-electron chi connectivity index (χ1n) is 13.0. The highest BCUT2D eigenvalue weighted by atomic mass is 16.5. The Kier molecular flexibility index (Phi) is 8.72. The molecule has 37 heavy (non-hydrogen) atoms. The van der Waals surface area contributed by atoms with Gasteiger partial charge >= 0.3 is 5.97 Å². The van der Waals surface area contributed by atoms with Gasteiger partial charge in [-0.05, 0) is 73.4 Å². The van der Waals surface area contributed by atoms with Gasteiger partial charge in [0.1, 0.15) is 5.52 Å². The van der Waals surface area contributed by atoms with Gasteiger partial charge in [0.2, 0.25) is 5.89 Å². The lowest BCUT2D eigenvalue weighted by Crippen LogP contribution is -2.18. The Labute approximate surface area is 218 Å². The number of rotatable bonds is 12. The molecule has 6 nitrogen and oxygen atoms in total. The van der Waals surface area contributed by atoms with Gasteiger partial charge in [0.15, 0.2) is 11.4 Å². The molecule has 0 saturated heterocycles. The van der Waals surface area contributed by atoms with Crippen molar-refractivity contribution in [1.82, 2.24) is 4.98 Å². The van der Waals surface area contributed by atoms with Gasteiger partial charge in [-0.3, -0.25) is 9.59 Å². The van der Waals surface area contributed by atoms with Crippen molar-refractivity contribution < 1.29 is 18.7 Å². The van der Waals surface area contributed by atoms with Crippen molar-refractivity contribution in [3.8, 4) is 11.5 Å². The molecule has 6 heteroatoms. The van der Waals surface area contributed by atoms with Gasteiger partial charge in [-0.15, -0.1) is 0 Å². The SMILES string of the molecule is CCOC(=O)CCCC(=O)c1ccc(N[C@H](c2ccc(-c3nc4ccccc4o3)cc2)C(C)CC)cc1. The number of carbonyl (C=O) groups is 2. The number of benzene rings is 3. The van der Waals surface area contributed by atoms with Crippen LogP contribution in [0.4, 0.5) is 5.69 Å². The number of fused-ring (bicyclic) bond motifs is 1. The summed E-state index contributed by atoms with van der Waals surface area (Å²) in [6.07, 6.45) is 2.10. The molecule has 4 rings (SSSR count). The molecule has 3 aromatic carbocycles. The highest BCUT2D eigenvalue weighted by Gasteiger charge is 2.19. The van der Waals surface area contributed by atoms with Gasteiger partial charge in [0.25, 0.3) is 0 Å². The summed E-state index contributed by atoms with van der Waals surface area (Å²) in [5.74, 6) is 0.777. The number of esters is 1. The Morgan fingerprint density at radius 3 is 2.35 bits per heavy atom. The summed E-state index contributed by atoms with van der Waals surface area (Å²) < 4.78 is 10.8. The number of hydrogen-bond donors (Lipinski definition) is 1. The molecule has 0 saturated carbocycles. The van der Waals surface area contributed by atoms with Crippen LogP contribution in [-0.4, -0.2) is 23.3 Å². The maximum Gasteiger partial charge on any atom is 0.305 e. The summed E-state index contributed by atoms with van der Waals surface area (Å²) in [6, 6.07) is 23.8. The molecule has 1 N–H and O–H groups in total. The van der Waals surface area contributed by atoms with E-state index >= 15 is 0 Å². The normalized spacial score (nSPS) is 12.7. The van der Waals surface area contributed by atoms with E-state index in [2.05, 4.69) is 48.4 Å². The van der Waals surface area contributed by atoms with E-state index in [0.717, 1.165) is 28.8 Å². The molecule has 0 aliphatic carbocycles. The van der Waals surface area contributed by atoms with Crippen molar-refractivity contribution >= 4 is 28.5 Å². The molecular formula is C31H34N2O4. The molecule has 1 unspecified atom stereocenters. The quantitative estimate of drug-likeness (QED) is 0.160. The number of hydrogen-bond acceptors (Lipinski definition) is 6. The van der Waals surface area contributed by atoms with Crippen molar-refractivity contribution in [2.24, 2.45) is 5.92 Å². The fourth-order valence-corrected chi connectivity index (χ4v) is 4.32. The van der Waals surface area contributed by atoms with Crippen molar-refractivity contribution in [2.75, 3.05) is 11.9 Å². The van der Waals surface area contributed by atoms with Crippen molar-refractivity contribution in [2.45, 2.75) is 52.5 Å². The van der Waals surface area contributed by atoms with Gasteiger partial charge in [0.05, 0.1) is 12.6 Å². The van der Waals surface area contributed by atoms with Crippen LogP contribution >= 0.6 is 0 Å². The number of para-hydroxylation sites is 2. The molecule has 0 aliphatic heterocycles. The maximum absolute atomic E-state index is 12.5. The van der Waals surface area contributed by atoms with Crippen molar-refractivity contribution in [3.63, 3.8) is 0 Å². The molecule has 1 heterocycles. The number of Topliss-reactive ketones (excluding diaryl/α,β-unsaturated/α-hetero) is 1. The standard InChI is InChI=1S/C31H34N2O4/c1-4-21(3)30(23-13-15-24(16-14-23)31-33-26-9-6-7-11-28(26)37-31)32-25-19-17-22(18-20-25)27(34)10-8-12-29(35)36-5-2/h6-7,9,11,13-21,30,32H,4-5,8,10,12H2,1-3H3/t21?,30-/m0/s1. The Bertz CT molecular complexity index is 1290. The van der Waals surface area contributed by atoms with Crippen molar-refractivity contribution in [1.29, 1.82) is 0 Å². The second-order valence-corrected chi connectivity index (χ2v) is 9.28. The number of nitrogens with one attached hydrogen (secondary N) is 1. The van der Waals surface area contributed by atoms with Gasteiger partial charge in [-0.25, -0.2) is 4.98 Å². The zero-order valence-corrected chi connectivity index (χ0v) is 21.7. The van der Waals surface area contributed by atoms with E-state index in [1.807, 2.05) is 48.5 Å². The third-order valence-electron chi connectivity index (χ3n) is 6.64. The predicted molar refractivity (Wildman–Crippen MR) is 147 cm³/mol. The number of ketones is 1. The fraction of sp³-hybridized carbons (Fsp3) is 0.323. The smallest absolute Gasteiger partial charge is 0.305 e. The molecule has 0 fully saturated rings. The zero-order chi connectivity index (χ0) is 26.2. The van der Waals surface area contributed by atoms with E-state index < -0.39 is 0 Å². The Balaban J connectivity index is 1.42. The predicted octanol–water partition coefficient (Wildman–Crippen LogP) is 7.61. The van der Waals surface area contributed by atoms with Gasteiger partial charge in [0, 0.05) is 29.7 Å². The Morgan fingerprint density at radius 2 is 1.68 bits per heavy atom. The van der Waals surface area contributed by atoms with Crippen LogP contribution in [0.5, 0.6) is 0 Å². The van der Waals surface area contributed by atoms with Crippen LogP contribution in [0.15, 0.2) is 77.2 Å². The largest absolute Gasteiger partial charge is 0.466 e. The van der Waals surface area contributed by atoms with E-state index in [4.69, 9.17) is 9.15 Å². The number of nitrogens with zero attached hydrogens (tertiary/aromatic N) is 1. The lowest BCUT2D eigenvalue weighted by atomic mass is 9.91. The zero-order valence-electron chi connectivity index (χ0n) is 21.7. The van der Waals surface area contributed by atoms with E-state index in [1.54, 1.807) is 6.92 Å². The lowest BCUT2D eigenvalue weighted by Gasteiger charge is -2.26. The number of aromatic nitrogens is 1. The number of oxazole rings is 1. The van der Waals surface area contributed by atoms with Crippen LogP contribution in [-0.2, 0) is 9.53 Å². The molecule has 1 aromatic heterocycles. The maximum atomic E-state index is 12.5. The average molecular weight is 499 g/mol. The molecule has 2 atom stereocenters. The van der Waals surface area contributed by atoms with Crippen LogP contribution in [0.1, 0.15) is 68.4 Å². The first-order chi connectivity index (χ1) is 18.0. The molecule has 0 aliphatic rings. The molecule has 192 valence electrons. The minimum absolute atomic E-state index is 0.0316. The summed E-state index contributed by atoms with van der Waals surface area (Å²) >= 11 is 0. The summed E-state index contributed by atoms with van der Waals surface area (Å²) in [5, 5.41) is 3.65. The second-order valence-electron chi connectivity index (χ2n) is 9.28. The molecular weight excluding hydrogens is 464 g/mol. The molecule has 0 spiro atoms. The third-order valence-corrected chi connectivity index (χ3v) is 6.64. The van der Waals surface area contributed by atoms with E-state index in [0.29, 0.717) is 36.8 Å². The Hall–Kier alpha value is -3.93. The van der Waals surface area contributed by atoms with Crippen LogP contribution in [0.2, 0.25) is 0 Å². The monoisotopic (exact) mass is 498 g/mol. The van der Waals surface area contributed by atoms with E-state index in [-0.39, 0.29) is 24.2 Å². The topological polar surface area (TPSA) is 81.4 Å². The fourth-order valence-electron chi connectivity index (χ4n) is 4.32. The summed E-state index contributed by atoms with van der Waals surface area (Å²) in [5.41, 5.74) is 5.35. The first kappa shape index (κ1) is 26.1. The van der Waals surface area contributed by atoms with E-state index in [1.165, 1.54) is 5.56 Å². The van der Waals surface area contributed by atoms with Crippen LogP contribution in [0.25, 0.3) is 22.6 Å². The summed E-state index contributed by atoms with van der Waals surface area (Å²) in [6.45, 7) is 6.55. The minimum Gasteiger partial charge on any atom is -0.466 e. The number of carbonyl (C=O) groups excluding carboxylic acids is 2. The van der Waals surface area contributed by atoms with E-state index in [9.17, 15) is 9.59 Å². The summed E-state index contributed by atoms with van der Waals surface area (Å²) in [7, 11) is 0.